The van der Waals surface area contributed by atoms with Gasteiger partial charge in [0.1, 0.15) is 0 Å². The van der Waals surface area contributed by atoms with Gasteiger partial charge in [-0.25, -0.2) is 4.98 Å². The molecule has 37 heavy (non-hydrogen) atoms. The van der Waals surface area contributed by atoms with Crippen LogP contribution in [-0.2, 0) is 12.7 Å². The van der Waals surface area contributed by atoms with Gasteiger partial charge in [0.25, 0.3) is 17.7 Å². The highest BCUT2D eigenvalue weighted by atomic mass is 35.5. The number of aryl methyl sites for hydroxylation is 1. The fraction of sp³-hybridized carbons (Fsp3) is 0.333. The van der Waals surface area contributed by atoms with Crippen LogP contribution in [0.5, 0.6) is 11.6 Å². The van der Waals surface area contributed by atoms with Gasteiger partial charge in [-0.1, -0.05) is 11.6 Å². The van der Waals surface area contributed by atoms with E-state index in [-0.39, 0.29) is 41.1 Å². The van der Waals surface area contributed by atoms with E-state index in [1.54, 1.807) is 4.68 Å². The molecule has 1 aliphatic rings. The van der Waals surface area contributed by atoms with Crippen molar-refractivity contribution >= 4 is 29.1 Å². The Bertz CT molecular complexity index is 1340. The molecule has 9 nitrogen and oxygen atoms in total. The van der Waals surface area contributed by atoms with Crippen LogP contribution < -0.4 is 19.7 Å². The maximum Gasteiger partial charge on any atom is 0.417 e. The standard InChI is InChI=1S/C24H23ClF3N5O4/c1-4-33-20-17(31-21(34)15-6-5-14(25)10-16(15)24(26,27)28)7-8-32(18(20)12-30-33)23(35)13-9-19(36-2)22(37-3)29-11-13/h5-6,9-12,17H,4,7-8H2,1-3H3,(H,31,34). The van der Waals surface area contributed by atoms with E-state index < -0.39 is 29.3 Å². The minimum Gasteiger partial charge on any atom is -0.491 e. The number of carbonyl (C=O) groups excluding carboxylic acids is 2. The van der Waals surface area contributed by atoms with Crippen LogP contribution in [0.4, 0.5) is 18.9 Å². The molecular weight excluding hydrogens is 515 g/mol. The number of carbonyl (C=O) groups is 2. The second-order valence-electron chi connectivity index (χ2n) is 8.13. The number of anilines is 1. The molecule has 0 bridgehead atoms. The van der Waals surface area contributed by atoms with Crippen LogP contribution in [-0.4, -0.2) is 47.3 Å². The lowest BCUT2D eigenvalue weighted by Gasteiger charge is -2.33. The van der Waals surface area contributed by atoms with Crippen molar-refractivity contribution in [2.24, 2.45) is 0 Å². The molecule has 0 fully saturated rings. The number of rotatable bonds is 6. The normalized spacial score (nSPS) is 15.2. The average molecular weight is 538 g/mol. The number of methoxy groups -OCH3 is 2. The monoisotopic (exact) mass is 537 g/mol. The maximum absolute atomic E-state index is 13.6. The van der Waals surface area contributed by atoms with E-state index in [2.05, 4.69) is 15.4 Å². The molecule has 1 unspecified atom stereocenters. The Labute approximate surface area is 215 Å². The van der Waals surface area contributed by atoms with E-state index in [1.807, 2.05) is 6.92 Å². The molecule has 3 heterocycles. The van der Waals surface area contributed by atoms with Gasteiger partial charge in [-0.2, -0.15) is 18.3 Å². The number of halogens is 4. The number of hydrogen-bond acceptors (Lipinski definition) is 6. The first-order chi connectivity index (χ1) is 17.6. The van der Waals surface area contributed by atoms with Crippen molar-refractivity contribution in [1.82, 2.24) is 20.1 Å². The predicted octanol–water partition coefficient (Wildman–Crippen LogP) is 4.51. The SMILES string of the molecule is CCn1ncc2c1C(NC(=O)c1ccc(Cl)cc1C(F)(F)F)CCN2C(=O)c1cnc(OC)c(OC)c1. The van der Waals surface area contributed by atoms with E-state index in [0.717, 1.165) is 12.1 Å². The summed E-state index contributed by atoms with van der Waals surface area (Å²) in [5.74, 6) is -0.788. The molecule has 0 spiro atoms. The van der Waals surface area contributed by atoms with Crippen LogP contribution >= 0.6 is 11.6 Å². The summed E-state index contributed by atoms with van der Waals surface area (Å²) < 4.78 is 52.6. The highest BCUT2D eigenvalue weighted by molar-refractivity contribution is 6.30. The third kappa shape index (κ3) is 5.06. The summed E-state index contributed by atoms with van der Waals surface area (Å²) in [6, 6.07) is 3.81. The van der Waals surface area contributed by atoms with Crippen LogP contribution in [0.25, 0.3) is 0 Å². The summed E-state index contributed by atoms with van der Waals surface area (Å²) >= 11 is 5.74. The largest absolute Gasteiger partial charge is 0.491 e. The van der Waals surface area contributed by atoms with Gasteiger partial charge in [0, 0.05) is 30.4 Å². The molecule has 0 aliphatic carbocycles. The zero-order chi connectivity index (χ0) is 26.9. The van der Waals surface area contributed by atoms with Gasteiger partial charge in [-0.3, -0.25) is 14.3 Å². The second-order valence-corrected chi connectivity index (χ2v) is 8.56. The summed E-state index contributed by atoms with van der Waals surface area (Å²) in [4.78, 5) is 32.0. The smallest absolute Gasteiger partial charge is 0.417 e. The molecular formula is C24H23ClF3N5O4. The van der Waals surface area contributed by atoms with E-state index >= 15 is 0 Å². The fourth-order valence-corrected chi connectivity index (χ4v) is 4.43. The Hall–Kier alpha value is -3.80. The third-order valence-electron chi connectivity index (χ3n) is 5.98. The predicted molar refractivity (Wildman–Crippen MR) is 128 cm³/mol. The van der Waals surface area contributed by atoms with Gasteiger partial charge >= 0.3 is 6.18 Å². The number of hydrogen-bond donors (Lipinski definition) is 1. The zero-order valence-electron chi connectivity index (χ0n) is 20.1. The molecule has 4 rings (SSSR count). The van der Waals surface area contributed by atoms with Gasteiger partial charge in [0.05, 0.1) is 54.5 Å². The van der Waals surface area contributed by atoms with Gasteiger partial charge in [-0.05, 0) is 31.5 Å². The number of benzene rings is 1. The minimum atomic E-state index is -4.77. The number of pyridine rings is 1. The minimum absolute atomic E-state index is 0.133. The van der Waals surface area contributed by atoms with Gasteiger partial charge in [-0.15, -0.1) is 0 Å². The molecule has 2 amide bonds. The quantitative estimate of drug-likeness (QED) is 0.497. The molecule has 0 saturated carbocycles. The highest BCUT2D eigenvalue weighted by Crippen LogP contribution is 2.37. The fourth-order valence-electron chi connectivity index (χ4n) is 4.26. The van der Waals surface area contributed by atoms with Crippen LogP contribution in [0.2, 0.25) is 5.02 Å². The number of ether oxygens (including phenoxy) is 2. The van der Waals surface area contributed by atoms with E-state index in [1.165, 1.54) is 43.6 Å². The Morgan fingerprint density at radius 1 is 1.19 bits per heavy atom. The topological polar surface area (TPSA) is 98.6 Å². The van der Waals surface area contributed by atoms with Crippen LogP contribution in [0.1, 0.15) is 51.4 Å². The number of aromatic nitrogens is 3. The van der Waals surface area contributed by atoms with Crippen molar-refractivity contribution in [3.8, 4) is 11.6 Å². The van der Waals surface area contributed by atoms with Crippen LogP contribution in [0, 0.1) is 0 Å². The third-order valence-corrected chi connectivity index (χ3v) is 6.22. The Morgan fingerprint density at radius 3 is 2.59 bits per heavy atom. The summed E-state index contributed by atoms with van der Waals surface area (Å²) in [6.07, 6.45) is -1.67. The lowest BCUT2D eigenvalue weighted by atomic mass is 10.0. The van der Waals surface area contributed by atoms with Crippen molar-refractivity contribution in [2.45, 2.75) is 32.1 Å². The van der Waals surface area contributed by atoms with Gasteiger partial charge in [0.2, 0.25) is 0 Å². The van der Waals surface area contributed by atoms with Crippen molar-refractivity contribution in [2.75, 3.05) is 25.7 Å². The molecule has 1 atom stereocenters. The number of fused-ring (bicyclic) bond motifs is 1. The molecule has 1 aliphatic heterocycles. The average Bonchev–Trinajstić information content (AvgIpc) is 3.32. The Balaban J connectivity index is 1.65. The number of alkyl halides is 3. The summed E-state index contributed by atoms with van der Waals surface area (Å²) in [7, 11) is 2.86. The highest BCUT2D eigenvalue weighted by Gasteiger charge is 2.38. The first kappa shape index (κ1) is 26.3. The first-order valence-electron chi connectivity index (χ1n) is 11.2. The molecule has 0 saturated heterocycles. The lowest BCUT2D eigenvalue weighted by molar-refractivity contribution is -0.137. The molecule has 196 valence electrons. The molecule has 1 aromatic carbocycles. The van der Waals surface area contributed by atoms with Crippen molar-refractivity contribution in [3.05, 3.63) is 64.1 Å². The molecule has 1 N–H and O–H groups in total. The molecule has 2 aromatic heterocycles. The summed E-state index contributed by atoms with van der Waals surface area (Å²) in [6.45, 7) is 2.41. The van der Waals surface area contributed by atoms with Crippen molar-refractivity contribution in [1.29, 1.82) is 0 Å². The first-order valence-corrected chi connectivity index (χ1v) is 11.6. The van der Waals surface area contributed by atoms with Crippen molar-refractivity contribution in [3.63, 3.8) is 0 Å². The molecule has 0 radical (unpaired) electrons. The zero-order valence-corrected chi connectivity index (χ0v) is 20.9. The molecule has 13 heteroatoms. The molecule has 3 aromatic rings. The summed E-state index contributed by atoms with van der Waals surface area (Å²) in [5.41, 5.74) is -0.491. The van der Waals surface area contributed by atoms with Gasteiger partial charge in [0.15, 0.2) is 5.75 Å². The van der Waals surface area contributed by atoms with E-state index in [0.29, 0.717) is 17.9 Å². The number of amides is 2. The maximum atomic E-state index is 13.6. The Kier molecular flexibility index (Phi) is 7.30. The van der Waals surface area contributed by atoms with Gasteiger partial charge < -0.3 is 19.7 Å². The van der Waals surface area contributed by atoms with Crippen molar-refractivity contribution < 1.29 is 32.2 Å². The Morgan fingerprint density at radius 2 is 1.95 bits per heavy atom. The van der Waals surface area contributed by atoms with E-state index in [9.17, 15) is 22.8 Å². The number of nitrogens with zero attached hydrogens (tertiary/aromatic N) is 4. The summed E-state index contributed by atoms with van der Waals surface area (Å²) in [5, 5.41) is 6.87. The van der Waals surface area contributed by atoms with Crippen LogP contribution in [0.3, 0.4) is 0 Å². The second kappa shape index (κ2) is 10.3. The van der Waals surface area contributed by atoms with Crippen LogP contribution in [0.15, 0.2) is 36.7 Å². The van der Waals surface area contributed by atoms with E-state index in [4.69, 9.17) is 21.1 Å². The lowest BCUT2D eigenvalue weighted by Crippen LogP contribution is -2.42. The number of nitrogens with one attached hydrogen (secondary N) is 1.